The van der Waals surface area contributed by atoms with Crippen LogP contribution in [0, 0.1) is 0 Å². The first-order valence-electron chi connectivity index (χ1n) is 4.31. The van der Waals surface area contributed by atoms with Gasteiger partial charge < -0.3 is 0 Å². The van der Waals surface area contributed by atoms with Crippen molar-refractivity contribution in [1.29, 1.82) is 0 Å². The summed E-state index contributed by atoms with van der Waals surface area (Å²) in [5.41, 5.74) is 2.21. The molecule has 0 spiro atoms. The van der Waals surface area contributed by atoms with Crippen molar-refractivity contribution in [2.75, 3.05) is 0 Å². The molecule has 0 radical (unpaired) electrons. The van der Waals surface area contributed by atoms with E-state index >= 15 is 0 Å². The summed E-state index contributed by atoms with van der Waals surface area (Å²) in [7, 11) is -1.08. The summed E-state index contributed by atoms with van der Waals surface area (Å²) in [4.78, 5) is 0. The topological polar surface area (TPSA) is 0 Å². The van der Waals surface area contributed by atoms with Crippen molar-refractivity contribution in [1.82, 2.24) is 0 Å². The molecule has 0 saturated carbocycles. The van der Waals surface area contributed by atoms with Crippen LogP contribution in [0.1, 0.15) is 0 Å². The Hall–Kier alpha value is -0.606. The molecule has 2 heteroatoms. The third kappa shape index (κ3) is 2.79. The van der Waals surface area contributed by atoms with E-state index in [1.165, 1.54) is 0 Å². The van der Waals surface area contributed by atoms with Crippen molar-refractivity contribution < 1.29 is 0 Å². The standard InChI is InChI=1S/C10H16Si2/c1-4-12(2,3)11-10-8-6-5-7-9-10/h4-9H,1,11H2,2-3H3. The van der Waals surface area contributed by atoms with Gasteiger partial charge in [0.1, 0.15) is 0 Å². The van der Waals surface area contributed by atoms with Crippen LogP contribution in [0.2, 0.25) is 13.1 Å². The molecule has 12 heavy (non-hydrogen) atoms. The Morgan fingerprint density at radius 3 is 2.33 bits per heavy atom. The first-order chi connectivity index (χ1) is 5.64. The summed E-state index contributed by atoms with van der Waals surface area (Å²) in [6.07, 6.45) is 0. The Bertz CT molecular complexity index is 252. The van der Waals surface area contributed by atoms with Crippen LogP contribution in [0.25, 0.3) is 0 Å². The van der Waals surface area contributed by atoms with Gasteiger partial charge in [0, 0.05) is 0 Å². The average Bonchev–Trinajstić information content (AvgIpc) is 2.06. The van der Waals surface area contributed by atoms with E-state index in [2.05, 4.69) is 55.7 Å². The molecule has 0 aliphatic rings. The van der Waals surface area contributed by atoms with Gasteiger partial charge in [0.15, 0.2) is 0 Å². The molecule has 1 rings (SSSR count). The lowest BCUT2D eigenvalue weighted by molar-refractivity contribution is 1.77. The molecule has 0 heterocycles. The van der Waals surface area contributed by atoms with Crippen LogP contribution in [0.5, 0.6) is 0 Å². The van der Waals surface area contributed by atoms with E-state index in [1.54, 1.807) is 5.19 Å². The van der Waals surface area contributed by atoms with Gasteiger partial charge in [-0.15, -0.1) is 12.3 Å². The van der Waals surface area contributed by atoms with Gasteiger partial charge in [0.05, 0.1) is 16.6 Å². The second-order valence-electron chi connectivity index (χ2n) is 3.86. The molecule has 0 saturated heterocycles. The molecular weight excluding hydrogens is 176 g/mol. The van der Waals surface area contributed by atoms with E-state index in [4.69, 9.17) is 0 Å². The second-order valence-corrected chi connectivity index (χ2v) is 15.9. The Kier molecular flexibility index (Phi) is 3.06. The van der Waals surface area contributed by atoms with E-state index in [1.807, 2.05) is 0 Å². The molecule has 0 atom stereocenters. The van der Waals surface area contributed by atoms with Crippen molar-refractivity contribution in [3.8, 4) is 0 Å². The van der Waals surface area contributed by atoms with Crippen LogP contribution < -0.4 is 5.19 Å². The first kappa shape index (κ1) is 9.48. The van der Waals surface area contributed by atoms with Gasteiger partial charge >= 0.3 is 0 Å². The highest BCUT2D eigenvalue weighted by molar-refractivity contribution is 7.30. The van der Waals surface area contributed by atoms with Crippen molar-refractivity contribution in [2.24, 2.45) is 0 Å². The Morgan fingerprint density at radius 1 is 1.25 bits per heavy atom. The lowest BCUT2D eigenvalue weighted by Crippen LogP contribution is -2.39. The minimum atomic E-state index is -1.02. The number of benzene rings is 1. The lowest BCUT2D eigenvalue weighted by Gasteiger charge is -2.15. The van der Waals surface area contributed by atoms with Gasteiger partial charge in [-0.2, -0.15) is 0 Å². The zero-order valence-electron chi connectivity index (χ0n) is 7.88. The lowest BCUT2D eigenvalue weighted by atomic mass is 10.4. The van der Waals surface area contributed by atoms with E-state index in [0.29, 0.717) is 0 Å². The van der Waals surface area contributed by atoms with Crippen molar-refractivity contribution >= 4 is 21.8 Å². The Labute approximate surface area is 77.9 Å². The summed E-state index contributed by atoms with van der Waals surface area (Å²) in [6, 6.07) is 10.9. The molecule has 0 N–H and O–H groups in total. The Morgan fingerprint density at radius 2 is 1.83 bits per heavy atom. The third-order valence-corrected chi connectivity index (χ3v) is 9.78. The molecule has 0 fully saturated rings. The van der Waals surface area contributed by atoms with Crippen LogP contribution in [0.15, 0.2) is 42.6 Å². The quantitative estimate of drug-likeness (QED) is 0.635. The van der Waals surface area contributed by atoms with Crippen LogP contribution in [0.3, 0.4) is 0 Å². The molecule has 0 unspecified atom stereocenters. The maximum absolute atomic E-state index is 3.92. The predicted molar refractivity (Wildman–Crippen MR) is 62.3 cm³/mol. The SMILES string of the molecule is C=C[Si](C)(C)[SiH2]c1ccccc1. The maximum atomic E-state index is 3.92. The summed E-state index contributed by atoms with van der Waals surface area (Å²) in [5, 5.41) is 1.58. The van der Waals surface area contributed by atoms with Gasteiger partial charge in [0.2, 0.25) is 0 Å². The van der Waals surface area contributed by atoms with Gasteiger partial charge in [-0.05, 0) is 0 Å². The van der Waals surface area contributed by atoms with Gasteiger partial charge in [-0.3, -0.25) is 0 Å². The van der Waals surface area contributed by atoms with Crippen LogP contribution in [0.4, 0.5) is 0 Å². The second kappa shape index (κ2) is 3.87. The average molecular weight is 192 g/mol. The monoisotopic (exact) mass is 192 g/mol. The number of hydrogen-bond acceptors (Lipinski definition) is 0. The third-order valence-electron chi connectivity index (χ3n) is 2.06. The zero-order valence-corrected chi connectivity index (χ0v) is 10.3. The van der Waals surface area contributed by atoms with Crippen LogP contribution >= 0.6 is 0 Å². The van der Waals surface area contributed by atoms with Crippen molar-refractivity contribution in [3.05, 3.63) is 42.6 Å². The molecule has 0 nitrogen and oxygen atoms in total. The summed E-state index contributed by atoms with van der Waals surface area (Å²) in [6.45, 7) is 8.73. The molecule has 0 amide bonds. The fourth-order valence-corrected chi connectivity index (χ4v) is 7.20. The van der Waals surface area contributed by atoms with Gasteiger partial charge in [-0.1, -0.05) is 48.6 Å². The van der Waals surface area contributed by atoms with E-state index < -0.39 is 7.59 Å². The molecule has 0 aromatic heterocycles. The zero-order chi connectivity index (χ0) is 9.03. The molecule has 1 aromatic rings. The highest BCUT2D eigenvalue weighted by Gasteiger charge is 2.16. The fraction of sp³-hybridized carbons (Fsp3) is 0.200. The molecule has 1 aromatic carbocycles. The summed E-state index contributed by atoms with van der Waals surface area (Å²) >= 11 is 0. The number of rotatable bonds is 3. The first-order valence-corrected chi connectivity index (χ1v) is 10.4. The highest BCUT2D eigenvalue weighted by atomic mass is 29.2. The molecule has 64 valence electrons. The predicted octanol–water partition coefficient (Wildman–Crippen LogP) is 1.41. The summed E-state index contributed by atoms with van der Waals surface area (Å²) in [5.74, 6) is 0. The highest BCUT2D eigenvalue weighted by Crippen LogP contribution is 1.99. The maximum Gasteiger partial charge on any atom is 0.0623 e. The minimum absolute atomic E-state index is 0.0627. The van der Waals surface area contributed by atoms with E-state index in [9.17, 15) is 0 Å². The van der Waals surface area contributed by atoms with Crippen LogP contribution in [-0.4, -0.2) is 16.6 Å². The fourth-order valence-electron chi connectivity index (χ4n) is 1.19. The van der Waals surface area contributed by atoms with E-state index in [0.717, 1.165) is 0 Å². The molecule has 0 aliphatic carbocycles. The largest absolute Gasteiger partial charge is 0.107 e. The summed E-state index contributed by atoms with van der Waals surface area (Å²) < 4.78 is 0. The van der Waals surface area contributed by atoms with Crippen LogP contribution in [-0.2, 0) is 0 Å². The van der Waals surface area contributed by atoms with Gasteiger partial charge in [0.25, 0.3) is 0 Å². The molecular formula is C10H16Si2. The van der Waals surface area contributed by atoms with E-state index in [-0.39, 0.29) is 9.04 Å². The molecule has 0 bridgehead atoms. The van der Waals surface area contributed by atoms with Gasteiger partial charge in [-0.25, -0.2) is 0 Å². The van der Waals surface area contributed by atoms with Crippen molar-refractivity contribution in [3.63, 3.8) is 0 Å². The Balaban J connectivity index is 2.70. The van der Waals surface area contributed by atoms with Crippen molar-refractivity contribution in [2.45, 2.75) is 13.1 Å². The normalized spacial score (nSPS) is 12.2. The molecule has 0 aliphatic heterocycles. The smallest absolute Gasteiger partial charge is 0.0623 e. The number of hydrogen-bond donors (Lipinski definition) is 0. The minimum Gasteiger partial charge on any atom is -0.107 e.